The summed E-state index contributed by atoms with van der Waals surface area (Å²) in [6.07, 6.45) is 6.66. The van der Waals surface area contributed by atoms with Crippen molar-refractivity contribution in [3.8, 4) is 0 Å². The second-order valence-corrected chi connectivity index (χ2v) is 10.3. The van der Waals surface area contributed by atoms with Crippen LogP contribution in [0, 0.1) is 6.92 Å². The fraction of sp³-hybridized carbons (Fsp3) is 0.545. The normalized spacial score (nSPS) is 18.2. The van der Waals surface area contributed by atoms with Gasteiger partial charge in [0.2, 0.25) is 10.9 Å². The lowest BCUT2D eigenvalue weighted by atomic mass is 9.94. The first-order valence-electron chi connectivity index (χ1n) is 11.0. The van der Waals surface area contributed by atoms with Gasteiger partial charge in [0.1, 0.15) is 0 Å². The number of piperazine rings is 1. The maximum Gasteiger partial charge on any atom is 0.286 e. The summed E-state index contributed by atoms with van der Waals surface area (Å²) in [5, 5.41) is 11.3. The molecule has 9 heteroatoms. The molecule has 1 saturated heterocycles. The summed E-state index contributed by atoms with van der Waals surface area (Å²) >= 11 is 2.58. The quantitative estimate of drug-likeness (QED) is 0.664. The van der Waals surface area contributed by atoms with Crippen LogP contribution < -0.4 is 5.32 Å². The summed E-state index contributed by atoms with van der Waals surface area (Å²) in [5.74, 6) is 0.190. The number of amides is 2. The molecule has 2 fully saturated rings. The molecule has 0 bridgehead atoms. The molecular formula is C22H29N5O2S2. The highest BCUT2D eigenvalue weighted by molar-refractivity contribution is 8.01. The van der Waals surface area contributed by atoms with Crippen LogP contribution in [0.15, 0.2) is 28.6 Å². The van der Waals surface area contributed by atoms with Crippen molar-refractivity contribution < 1.29 is 9.59 Å². The van der Waals surface area contributed by atoms with E-state index < -0.39 is 0 Å². The number of benzene rings is 1. The predicted molar refractivity (Wildman–Crippen MR) is 125 cm³/mol. The molecule has 4 rings (SSSR count). The number of rotatable bonds is 6. The summed E-state index contributed by atoms with van der Waals surface area (Å²) < 4.78 is 0.643. The second-order valence-electron chi connectivity index (χ2n) is 8.14. The number of thioether (sulfide) groups is 1. The van der Waals surface area contributed by atoms with Crippen molar-refractivity contribution in [3.05, 3.63) is 34.8 Å². The van der Waals surface area contributed by atoms with Crippen LogP contribution in [-0.2, 0) is 4.79 Å². The van der Waals surface area contributed by atoms with E-state index in [-0.39, 0.29) is 11.8 Å². The summed E-state index contributed by atoms with van der Waals surface area (Å²) in [5.41, 5.74) is 1.75. The van der Waals surface area contributed by atoms with Crippen LogP contribution in [-0.4, -0.2) is 69.8 Å². The monoisotopic (exact) mass is 459 g/mol. The molecule has 1 aliphatic heterocycles. The Labute approximate surface area is 191 Å². The van der Waals surface area contributed by atoms with Gasteiger partial charge in [0, 0.05) is 37.9 Å². The fourth-order valence-electron chi connectivity index (χ4n) is 4.25. The Bertz CT molecular complexity index is 905. The van der Waals surface area contributed by atoms with Gasteiger partial charge in [-0.05, 0) is 31.4 Å². The number of carbonyl (C=O) groups excluding carboxylic acids is 2. The molecule has 1 saturated carbocycles. The average Bonchev–Trinajstić information content (AvgIpc) is 3.29. The topological polar surface area (TPSA) is 78.4 Å². The van der Waals surface area contributed by atoms with Crippen LogP contribution >= 0.6 is 23.1 Å². The Kier molecular flexibility index (Phi) is 7.58. The number of nitrogens with zero attached hydrogens (tertiary/aromatic N) is 4. The summed E-state index contributed by atoms with van der Waals surface area (Å²) in [7, 11) is 0. The first-order chi connectivity index (χ1) is 15.1. The Balaban J connectivity index is 1.23. The highest BCUT2D eigenvalue weighted by Gasteiger charge is 2.27. The van der Waals surface area contributed by atoms with Gasteiger partial charge in [-0.1, -0.05) is 60.6 Å². The minimum Gasteiger partial charge on any atom is -0.339 e. The fourth-order valence-corrected chi connectivity index (χ4v) is 5.90. The number of aromatic nitrogens is 2. The van der Waals surface area contributed by atoms with E-state index in [1.54, 1.807) is 0 Å². The van der Waals surface area contributed by atoms with E-state index in [0.29, 0.717) is 21.1 Å². The van der Waals surface area contributed by atoms with Crippen LogP contribution in [0.25, 0.3) is 0 Å². The van der Waals surface area contributed by atoms with E-state index >= 15 is 0 Å². The molecule has 0 atom stereocenters. The zero-order valence-corrected chi connectivity index (χ0v) is 19.5. The summed E-state index contributed by atoms with van der Waals surface area (Å²) in [6, 6.07) is 8.32. The first-order valence-corrected chi connectivity index (χ1v) is 12.8. The van der Waals surface area contributed by atoms with E-state index in [4.69, 9.17) is 0 Å². The lowest BCUT2D eigenvalue weighted by molar-refractivity contribution is -0.130. The van der Waals surface area contributed by atoms with Crippen molar-refractivity contribution in [2.75, 3.05) is 37.2 Å². The van der Waals surface area contributed by atoms with Crippen molar-refractivity contribution in [3.63, 3.8) is 0 Å². The van der Waals surface area contributed by atoms with E-state index in [1.165, 1.54) is 55.2 Å². The molecule has 0 spiro atoms. The van der Waals surface area contributed by atoms with Gasteiger partial charge in [-0.25, -0.2) is 0 Å². The van der Waals surface area contributed by atoms with Crippen molar-refractivity contribution in [1.29, 1.82) is 0 Å². The second kappa shape index (κ2) is 10.6. The number of para-hydroxylation sites is 1. The maximum absolute atomic E-state index is 12.6. The number of anilines is 1. The largest absolute Gasteiger partial charge is 0.339 e. The zero-order chi connectivity index (χ0) is 21.6. The van der Waals surface area contributed by atoms with Crippen molar-refractivity contribution in [2.45, 2.75) is 49.4 Å². The van der Waals surface area contributed by atoms with Crippen LogP contribution in [0.3, 0.4) is 0 Å². The number of hydrogen-bond acceptors (Lipinski definition) is 7. The van der Waals surface area contributed by atoms with E-state index in [1.807, 2.05) is 36.1 Å². The third-order valence-corrected chi connectivity index (χ3v) is 8.11. The van der Waals surface area contributed by atoms with Gasteiger partial charge in [-0.15, -0.1) is 10.2 Å². The standard InChI is InChI=1S/C22H29N5O2S2/c1-16-7-5-6-10-18(16)23-20(29)21-24-25-22(31-21)30-15-19(28)27-13-11-26(12-14-27)17-8-3-2-4-9-17/h5-7,10,17H,2-4,8-9,11-15H2,1H3,(H,23,29). The lowest BCUT2D eigenvalue weighted by Gasteiger charge is -2.40. The lowest BCUT2D eigenvalue weighted by Crippen LogP contribution is -2.52. The molecule has 1 aliphatic carbocycles. The minimum atomic E-state index is -0.274. The van der Waals surface area contributed by atoms with E-state index in [9.17, 15) is 9.59 Å². The number of nitrogens with one attached hydrogen (secondary N) is 1. The molecule has 1 N–H and O–H groups in total. The Morgan fingerprint density at radius 3 is 2.58 bits per heavy atom. The molecule has 0 unspecified atom stereocenters. The molecule has 0 radical (unpaired) electrons. The zero-order valence-electron chi connectivity index (χ0n) is 17.9. The van der Waals surface area contributed by atoms with Crippen molar-refractivity contribution >= 4 is 40.6 Å². The van der Waals surface area contributed by atoms with Gasteiger partial charge in [0.05, 0.1) is 5.75 Å². The third-order valence-electron chi connectivity index (χ3n) is 6.07. The Hall–Kier alpha value is -1.97. The molecule has 2 amide bonds. The molecule has 2 heterocycles. The predicted octanol–water partition coefficient (Wildman–Crippen LogP) is 3.67. The van der Waals surface area contributed by atoms with Crippen LogP contribution in [0.5, 0.6) is 0 Å². The Morgan fingerprint density at radius 1 is 1.10 bits per heavy atom. The highest BCUT2D eigenvalue weighted by Crippen LogP contribution is 2.26. The smallest absolute Gasteiger partial charge is 0.286 e. The summed E-state index contributed by atoms with van der Waals surface area (Å²) in [4.78, 5) is 29.6. The van der Waals surface area contributed by atoms with Crippen LogP contribution in [0.4, 0.5) is 5.69 Å². The average molecular weight is 460 g/mol. The number of carbonyl (C=O) groups is 2. The van der Waals surface area contributed by atoms with Gasteiger partial charge >= 0.3 is 0 Å². The molecule has 166 valence electrons. The first kappa shape index (κ1) is 22.2. The SMILES string of the molecule is Cc1ccccc1NC(=O)c1nnc(SCC(=O)N2CCN(C3CCCCC3)CC2)s1. The van der Waals surface area contributed by atoms with Gasteiger partial charge < -0.3 is 10.2 Å². The van der Waals surface area contributed by atoms with E-state index in [2.05, 4.69) is 20.4 Å². The van der Waals surface area contributed by atoms with Gasteiger partial charge in [-0.2, -0.15) is 0 Å². The minimum absolute atomic E-state index is 0.134. The maximum atomic E-state index is 12.6. The molecular weight excluding hydrogens is 430 g/mol. The molecule has 31 heavy (non-hydrogen) atoms. The van der Waals surface area contributed by atoms with Gasteiger partial charge in [0.15, 0.2) is 4.34 Å². The highest BCUT2D eigenvalue weighted by atomic mass is 32.2. The molecule has 2 aliphatic rings. The van der Waals surface area contributed by atoms with Crippen molar-refractivity contribution in [2.24, 2.45) is 0 Å². The number of hydrogen-bond donors (Lipinski definition) is 1. The van der Waals surface area contributed by atoms with Crippen LogP contribution in [0.1, 0.15) is 47.5 Å². The molecule has 7 nitrogen and oxygen atoms in total. The van der Waals surface area contributed by atoms with E-state index in [0.717, 1.165) is 37.4 Å². The Morgan fingerprint density at radius 2 is 1.84 bits per heavy atom. The third kappa shape index (κ3) is 5.84. The number of aryl methyl sites for hydroxylation is 1. The van der Waals surface area contributed by atoms with Crippen molar-refractivity contribution in [1.82, 2.24) is 20.0 Å². The molecule has 2 aromatic rings. The molecule has 1 aromatic heterocycles. The van der Waals surface area contributed by atoms with Gasteiger partial charge in [-0.3, -0.25) is 14.5 Å². The molecule has 1 aromatic carbocycles. The van der Waals surface area contributed by atoms with Crippen LogP contribution in [0.2, 0.25) is 0 Å². The van der Waals surface area contributed by atoms with Gasteiger partial charge in [0.25, 0.3) is 5.91 Å². The summed E-state index contributed by atoms with van der Waals surface area (Å²) in [6.45, 7) is 5.50.